The smallest absolute Gasteiger partial charge is 0.231 e. The fourth-order valence-corrected chi connectivity index (χ4v) is 5.85. The molecule has 2 aliphatic rings. The number of H-pyrrole nitrogens is 1. The van der Waals surface area contributed by atoms with Crippen molar-refractivity contribution < 1.29 is 14.2 Å². The van der Waals surface area contributed by atoms with Gasteiger partial charge in [0, 0.05) is 18.3 Å². The molecule has 0 bridgehead atoms. The number of hydrogen-bond donors (Lipinski definition) is 1. The molecule has 202 valence electrons. The first-order chi connectivity index (χ1) is 19.8. The number of imidazole rings is 1. The number of rotatable bonds is 9. The third kappa shape index (κ3) is 5.18. The van der Waals surface area contributed by atoms with E-state index in [1.54, 1.807) is 0 Å². The zero-order valence-corrected chi connectivity index (χ0v) is 22.4. The molecule has 7 heteroatoms. The third-order valence-electron chi connectivity index (χ3n) is 7.81. The van der Waals surface area contributed by atoms with E-state index in [0.717, 1.165) is 71.8 Å². The highest BCUT2D eigenvalue weighted by atomic mass is 16.7. The Bertz CT molecular complexity index is 1580. The minimum atomic E-state index is 0.250. The van der Waals surface area contributed by atoms with Crippen LogP contribution in [0, 0.1) is 0 Å². The van der Waals surface area contributed by atoms with Gasteiger partial charge in [-0.25, -0.2) is 4.98 Å². The monoisotopic (exact) mass is 532 g/mol. The minimum absolute atomic E-state index is 0.250. The van der Waals surface area contributed by atoms with Gasteiger partial charge in [0.05, 0.1) is 42.5 Å². The predicted octanol–water partition coefficient (Wildman–Crippen LogP) is 6.48. The Morgan fingerprint density at radius 1 is 0.875 bits per heavy atom. The maximum Gasteiger partial charge on any atom is 0.231 e. The molecular formula is C33H32N4O3. The lowest BCUT2D eigenvalue weighted by molar-refractivity contribution is 0.104. The van der Waals surface area contributed by atoms with E-state index in [0.29, 0.717) is 13.2 Å². The van der Waals surface area contributed by atoms with Gasteiger partial charge >= 0.3 is 0 Å². The number of benzene rings is 3. The van der Waals surface area contributed by atoms with Crippen LogP contribution in [0.15, 0.2) is 85.1 Å². The van der Waals surface area contributed by atoms with Gasteiger partial charge in [-0.05, 0) is 60.2 Å². The first kappa shape index (κ1) is 24.8. The lowest BCUT2D eigenvalue weighted by Gasteiger charge is -2.34. The lowest BCUT2D eigenvalue weighted by atomic mass is 9.90. The normalized spacial score (nSPS) is 16.0. The van der Waals surface area contributed by atoms with Gasteiger partial charge in [0.2, 0.25) is 6.79 Å². The molecule has 1 atom stereocenters. The molecule has 0 saturated heterocycles. The summed E-state index contributed by atoms with van der Waals surface area (Å²) in [6.07, 6.45) is 5.28. The van der Waals surface area contributed by atoms with Crippen molar-refractivity contribution >= 4 is 11.0 Å². The zero-order valence-electron chi connectivity index (χ0n) is 22.4. The average Bonchev–Trinajstić information content (AvgIpc) is 3.65. The van der Waals surface area contributed by atoms with Gasteiger partial charge < -0.3 is 19.2 Å². The first-order valence-corrected chi connectivity index (χ1v) is 13.9. The molecule has 1 aliphatic heterocycles. The van der Waals surface area contributed by atoms with Gasteiger partial charge in [0.25, 0.3) is 0 Å². The van der Waals surface area contributed by atoms with E-state index < -0.39 is 0 Å². The van der Waals surface area contributed by atoms with Crippen LogP contribution in [0.25, 0.3) is 11.0 Å². The van der Waals surface area contributed by atoms with E-state index in [2.05, 4.69) is 58.4 Å². The van der Waals surface area contributed by atoms with Gasteiger partial charge in [-0.1, -0.05) is 54.6 Å². The number of nitrogens with zero attached hydrogens (tertiary/aromatic N) is 3. The standard InChI is InChI=1S/C33H32N4O3/c1-2-10-28-27(9-1)35-31(36-28)19-37(29-11-3-6-25-8-5-17-34-32(25)29)18-23-13-15-24(16-14-23)20-38-21-26-7-4-12-30-33(26)40-22-39-30/h1-2,4-5,7-10,12-17,29H,3,6,11,18-22H2,(H,35,36). The Morgan fingerprint density at radius 3 is 2.70 bits per heavy atom. The van der Waals surface area contributed by atoms with Crippen LogP contribution < -0.4 is 9.47 Å². The van der Waals surface area contributed by atoms with Crippen molar-refractivity contribution in [1.29, 1.82) is 0 Å². The summed E-state index contributed by atoms with van der Waals surface area (Å²) in [7, 11) is 0. The number of para-hydroxylation sites is 3. The SMILES string of the molecule is c1cnc2c(c1)CCCC2N(Cc1ccc(COCc2cccc3c2OCO3)cc1)Cc1nc2ccccc2[nH]1. The Morgan fingerprint density at radius 2 is 1.77 bits per heavy atom. The fourth-order valence-electron chi connectivity index (χ4n) is 5.85. The minimum Gasteiger partial charge on any atom is -0.454 e. The molecule has 3 aromatic carbocycles. The highest BCUT2D eigenvalue weighted by Crippen LogP contribution is 2.36. The van der Waals surface area contributed by atoms with Gasteiger partial charge in [0.1, 0.15) is 5.82 Å². The van der Waals surface area contributed by atoms with Gasteiger partial charge in [-0.3, -0.25) is 9.88 Å². The second-order valence-corrected chi connectivity index (χ2v) is 10.5. The van der Waals surface area contributed by atoms with Crippen LogP contribution in [0.1, 0.15) is 52.7 Å². The summed E-state index contributed by atoms with van der Waals surface area (Å²) in [6, 6.07) is 27.4. The fraction of sp³-hybridized carbons (Fsp3) is 0.273. The second kappa shape index (κ2) is 11.1. The summed E-state index contributed by atoms with van der Waals surface area (Å²) < 4.78 is 17.1. The second-order valence-electron chi connectivity index (χ2n) is 10.5. The summed E-state index contributed by atoms with van der Waals surface area (Å²) in [5, 5.41) is 0. The van der Waals surface area contributed by atoms with E-state index in [1.807, 2.05) is 36.5 Å². The number of pyridine rings is 1. The van der Waals surface area contributed by atoms with Gasteiger partial charge in [-0.15, -0.1) is 0 Å². The molecular weight excluding hydrogens is 500 g/mol. The van der Waals surface area contributed by atoms with Gasteiger partial charge in [-0.2, -0.15) is 0 Å². The summed E-state index contributed by atoms with van der Waals surface area (Å²) >= 11 is 0. The number of nitrogens with one attached hydrogen (secondary N) is 1. The molecule has 1 N–H and O–H groups in total. The number of fused-ring (bicyclic) bond motifs is 3. The summed E-state index contributed by atoms with van der Waals surface area (Å²) in [5.41, 5.74) is 8.05. The Labute approximate surface area is 233 Å². The molecule has 0 spiro atoms. The maximum absolute atomic E-state index is 6.03. The van der Waals surface area contributed by atoms with Crippen LogP contribution in [0.3, 0.4) is 0 Å². The van der Waals surface area contributed by atoms with E-state index in [9.17, 15) is 0 Å². The van der Waals surface area contributed by atoms with Crippen molar-refractivity contribution in [2.75, 3.05) is 6.79 Å². The average molecular weight is 533 g/mol. The van der Waals surface area contributed by atoms with Crippen molar-refractivity contribution in [1.82, 2.24) is 19.9 Å². The number of hydrogen-bond acceptors (Lipinski definition) is 6. The van der Waals surface area contributed by atoms with Crippen molar-refractivity contribution in [3.63, 3.8) is 0 Å². The van der Waals surface area contributed by atoms with Crippen LogP contribution in [0.5, 0.6) is 11.5 Å². The number of aromatic nitrogens is 3. The summed E-state index contributed by atoms with van der Waals surface area (Å²) in [5.74, 6) is 2.56. The molecule has 3 heterocycles. The molecule has 5 aromatic rings. The predicted molar refractivity (Wildman–Crippen MR) is 153 cm³/mol. The van der Waals surface area contributed by atoms with Crippen LogP contribution in [-0.2, 0) is 37.5 Å². The van der Waals surface area contributed by atoms with Crippen molar-refractivity contribution in [2.45, 2.75) is 51.6 Å². The molecule has 1 unspecified atom stereocenters. The van der Waals surface area contributed by atoms with Crippen LogP contribution >= 0.6 is 0 Å². The Balaban J connectivity index is 1.07. The van der Waals surface area contributed by atoms with Crippen LogP contribution in [0.4, 0.5) is 0 Å². The topological polar surface area (TPSA) is 72.5 Å². The van der Waals surface area contributed by atoms with E-state index >= 15 is 0 Å². The first-order valence-electron chi connectivity index (χ1n) is 13.9. The molecule has 0 amide bonds. The van der Waals surface area contributed by atoms with Crippen LogP contribution in [0.2, 0.25) is 0 Å². The lowest BCUT2D eigenvalue weighted by Crippen LogP contribution is -2.31. The highest BCUT2D eigenvalue weighted by molar-refractivity contribution is 5.74. The summed E-state index contributed by atoms with van der Waals surface area (Å²) in [4.78, 5) is 15.8. The number of aryl methyl sites for hydroxylation is 1. The maximum atomic E-state index is 6.03. The van der Waals surface area contributed by atoms with Crippen molar-refractivity contribution in [2.24, 2.45) is 0 Å². The van der Waals surface area contributed by atoms with Crippen molar-refractivity contribution in [3.05, 3.63) is 119 Å². The molecule has 40 heavy (non-hydrogen) atoms. The van der Waals surface area contributed by atoms with Gasteiger partial charge in [0.15, 0.2) is 11.5 Å². The molecule has 2 aromatic heterocycles. The Hall–Kier alpha value is -4.20. The highest BCUT2D eigenvalue weighted by Gasteiger charge is 2.28. The zero-order chi connectivity index (χ0) is 26.7. The quantitative estimate of drug-likeness (QED) is 0.234. The molecule has 0 saturated carbocycles. The summed E-state index contributed by atoms with van der Waals surface area (Å²) in [6.45, 7) is 2.82. The largest absolute Gasteiger partial charge is 0.454 e. The number of aromatic amines is 1. The number of ether oxygens (including phenoxy) is 3. The van der Waals surface area contributed by atoms with E-state index in [-0.39, 0.29) is 12.8 Å². The molecule has 7 rings (SSSR count). The van der Waals surface area contributed by atoms with E-state index in [4.69, 9.17) is 24.2 Å². The molecule has 0 fully saturated rings. The molecule has 1 aliphatic carbocycles. The van der Waals surface area contributed by atoms with E-state index in [1.165, 1.54) is 16.8 Å². The molecule has 0 radical (unpaired) electrons. The van der Waals surface area contributed by atoms with Crippen LogP contribution in [-0.4, -0.2) is 26.6 Å². The Kier molecular flexibility index (Phi) is 6.90. The third-order valence-corrected chi connectivity index (χ3v) is 7.81. The molecule has 7 nitrogen and oxygen atoms in total. The van der Waals surface area contributed by atoms with Crippen molar-refractivity contribution in [3.8, 4) is 11.5 Å².